The number of aromatic nitrogens is 6. The van der Waals surface area contributed by atoms with E-state index >= 15 is 0 Å². The molecule has 39 heavy (non-hydrogen) atoms. The van der Waals surface area contributed by atoms with Gasteiger partial charge >= 0.3 is 5.76 Å². The fraction of sp³-hybridized carbons (Fsp3) is 0.536. The van der Waals surface area contributed by atoms with Gasteiger partial charge in [0.25, 0.3) is 0 Å². The number of fused-ring (bicyclic) bond motifs is 2. The highest BCUT2D eigenvalue weighted by molar-refractivity contribution is 6.30. The van der Waals surface area contributed by atoms with Gasteiger partial charge in [0, 0.05) is 31.0 Å². The van der Waals surface area contributed by atoms with Crippen molar-refractivity contribution in [2.24, 2.45) is 11.8 Å². The first-order valence-electron chi connectivity index (χ1n) is 14.0. The average Bonchev–Trinajstić information content (AvgIpc) is 3.68. The van der Waals surface area contributed by atoms with Crippen LogP contribution in [0.4, 0.5) is 5.95 Å². The van der Waals surface area contributed by atoms with Crippen molar-refractivity contribution in [3.05, 3.63) is 40.1 Å². The summed E-state index contributed by atoms with van der Waals surface area (Å²) in [7, 11) is 0. The van der Waals surface area contributed by atoms with Crippen LogP contribution in [0.5, 0.6) is 0 Å². The summed E-state index contributed by atoms with van der Waals surface area (Å²) in [4.78, 5) is 31.5. The highest BCUT2D eigenvalue weighted by Gasteiger charge is 2.39. The van der Waals surface area contributed by atoms with Crippen molar-refractivity contribution in [3.63, 3.8) is 0 Å². The number of pyridine rings is 2. The number of nitrogens with zero attached hydrogens (tertiary/aromatic N) is 6. The van der Waals surface area contributed by atoms with Gasteiger partial charge in [0.15, 0.2) is 0 Å². The maximum atomic E-state index is 11.8. The van der Waals surface area contributed by atoms with Gasteiger partial charge in [-0.15, -0.1) is 0 Å². The average molecular weight is 550 g/mol. The van der Waals surface area contributed by atoms with Gasteiger partial charge < -0.3 is 14.2 Å². The number of morpholine rings is 1. The Morgan fingerprint density at radius 1 is 1.10 bits per heavy atom. The summed E-state index contributed by atoms with van der Waals surface area (Å²) in [6, 6.07) is 4.07. The number of aromatic amines is 1. The zero-order chi connectivity index (χ0) is 26.5. The van der Waals surface area contributed by atoms with Crippen LogP contribution in [-0.2, 0) is 11.3 Å². The molecule has 204 valence electrons. The maximum absolute atomic E-state index is 11.8. The van der Waals surface area contributed by atoms with E-state index in [1.807, 2.05) is 12.1 Å². The number of rotatable bonds is 5. The van der Waals surface area contributed by atoms with Crippen molar-refractivity contribution < 1.29 is 9.26 Å². The molecule has 0 aromatic carbocycles. The van der Waals surface area contributed by atoms with Crippen LogP contribution in [0.2, 0.25) is 5.02 Å². The predicted molar refractivity (Wildman–Crippen MR) is 148 cm³/mol. The molecule has 4 aromatic heterocycles. The molecule has 2 atom stereocenters. The SMILES string of the molecule is C[C@H]1CC[C@H](Cn2c(N3CCO[C@H]4CCC[C@@H]43)nc3cc(-c4noc(=O)[nH]4)nc(-c4cncc(Cl)c4)c32)CC1. The molecule has 1 aliphatic heterocycles. The molecule has 0 radical (unpaired) electrons. The predicted octanol–water partition coefficient (Wildman–Crippen LogP) is 5.07. The number of hydrogen-bond acceptors (Lipinski definition) is 8. The molecule has 0 bridgehead atoms. The minimum absolute atomic E-state index is 0.244. The number of anilines is 1. The van der Waals surface area contributed by atoms with E-state index in [0.29, 0.717) is 35.0 Å². The molecule has 10 nitrogen and oxygen atoms in total. The Bertz CT molecular complexity index is 1550. The van der Waals surface area contributed by atoms with Gasteiger partial charge in [-0.3, -0.25) is 14.5 Å². The summed E-state index contributed by atoms with van der Waals surface area (Å²) in [5, 5.41) is 4.42. The first-order chi connectivity index (χ1) is 19.0. The van der Waals surface area contributed by atoms with Gasteiger partial charge in [-0.2, -0.15) is 0 Å². The lowest BCUT2D eigenvalue weighted by Gasteiger charge is -2.39. The Morgan fingerprint density at radius 2 is 1.97 bits per heavy atom. The third kappa shape index (κ3) is 4.63. The fourth-order valence-electron chi connectivity index (χ4n) is 6.68. The van der Waals surface area contributed by atoms with Crippen LogP contribution < -0.4 is 10.7 Å². The molecule has 3 fully saturated rings. The smallest absolute Gasteiger partial charge is 0.374 e. The molecular weight excluding hydrogens is 518 g/mol. The Morgan fingerprint density at radius 3 is 2.77 bits per heavy atom. The Labute approximate surface area is 230 Å². The Hall–Kier alpha value is -3.24. The number of halogens is 1. The van der Waals surface area contributed by atoms with E-state index in [-0.39, 0.29) is 11.9 Å². The van der Waals surface area contributed by atoms with E-state index < -0.39 is 5.76 Å². The van der Waals surface area contributed by atoms with E-state index in [0.717, 1.165) is 60.8 Å². The lowest BCUT2D eigenvalue weighted by atomic mass is 9.83. The zero-order valence-corrected chi connectivity index (χ0v) is 22.7. The van der Waals surface area contributed by atoms with Gasteiger partial charge in [-0.1, -0.05) is 36.5 Å². The lowest BCUT2D eigenvalue weighted by Crippen LogP contribution is -2.49. The molecule has 11 heteroatoms. The van der Waals surface area contributed by atoms with E-state index in [2.05, 4.69) is 31.5 Å². The topological polar surface area (TPSA) is 115 Å². The van der Waals surface area contributed by atoms with Crippen LogP contribution in [0.3, 0.4) is 0 Å². The monoisotopic (exact) mass is 549 g/mol. The van der Waals surface area contributed by atoms with Crippen molar-refractivity contribution in [2.45, 2.75) is 70.6 Å². The number of ether oxygens (including phenoxy) is 1. The third-order valence-corrected chi connectivity index (χ3v) is 8.89. The quantitative estimate of drug-likeness (QED) is 0.367. The summed E-state index contributed by atoms with van der Waals surface area (Å²) in [5.41, 5.74) is 3.71. The zero-order valence-electron chi connectivity index (χ0n) is 22.0. The minimum atomic E-state index is -0.629. The fourth-order valence-corrected chi connectivity index (χ4v) is 6.86. The molecule has 0 amide bonds. The number of nitrogens with one attached hydrogen (secondary N) is 1. The molecule has 1 N–H and O–H groups in total. The summed E-state index contributed by atoms with van der Waals surface area (Å²) in [6.07, 6.45) is 11.9. The van der Waals surface area contributed by atoms with Gasteiger partial charge in [-0.25, -0.2) is 14.8 Å². The summed E-state index contributed by atoms with van der Waals surface area (Å²) in [6.45, 7) is 4.72. The van der Waals surface area contributed by atoms with E-state index in [9.17, 15) is 4.79 Å². The molecule has 3 aliphatic rings. The van der Waals surface area contributed by atoms with Crippen molar-refractivity contribution >= 4 is 28.6 Å². The van der Waals surface area contributed by atoms with Crippen LogP contribution in [0, 0.1) is 11.8 Å². The number of imidazole rings is 1. The Kier molecular flexibility index (Phi) is 6.39. The Balaban J connectivity index is 1.44. The van der Waals surface area contributed by atoms with Crippen molar-refractivity contribution in [3.8, 4) is 22.8 Å². The molecule has 4 aromatic rings. The number of hydrogen-bond donors (Lipinski definition) is 1. The molecule has 0 unspecified atom stereocenters. The third-order valence-electron chi connectivity index (χ3n) is 8.68. The van der Waals surface area contributed by atoms with Gasteiger partial charge in [0.05, 0.1) is 40.5 Å². The number of H-pyrrole nitrogens is 1. The second kappa shape index (κ2) is 10.1. The minimum Gasteiger partial charge on any atom is -0.374 e. The van der Waals surface area contributed by atoms with Gasteiger partial charge in [-0.05, 0) is 56.1 Å². The van der Waals surface area contributed by atoms with Crippen molar-refractivity contribution in [1.82, 2.24) is 29.7 Å². The maximum Gasteiger partial charge on any atom is 0.439 e. The summed E-state index contributed by atoms with van der Waals surface area (Å²) in [5.74, 6) is 1.94. The largest absolute Gasteiger partial charge is 0.439 e. The molecule has 2 saturated carbocycles. The standard InChI is InChI=1S/C28H32ClN7O3/c1-16-5-7-17(8-6-16)15-36-25-20(32-27(36)35-9-10-38-23-4-2-3-22(23)35)12-21(26-33-28(37)39-34-26)31-24(25)18-11-19(29)14-30-13-18/h11-14,16-17,22-23H,2-10,15H2,1H3,(H,33,34,37)/t16-,17-,22-,23-/m0/s1. The van der Waals surface area contributed by atoms with Gasteiger partial charge in [0.2, 0.25) is 11.8 Å². The summed E-state index contributed by atoms with van der Waals surface area (Å²) < 4.78 is 13.3. The van der Waals surface area contributed by atoms with Crippen LogP contribution in [0.15, 0.2) is 33.8 Å². The highest BCUT2D eigenvalue weighted by Crippen LogP contribution is 2.39. The highest BCUT2D eigenvalue weighted by atomic mass is 35.5. The second-order valence-electron chi connectivity index (χ2n) is 11.3. The molecule has 5 heterocycles. The first kappa shape index (κ1) is 24.8. The van der Waals surface area contributed by atoms with E-state index in [1.165, 1.54) is 25.7 Å². The van der Waals surface area contributed by atoms with Gasteiger partial charge in [0.1, 0.15) is 5.69 Å². The van der Waals surface area contributed by atoms with E-state index in [1.54, 1.807) is 12.4 Å². The van der Waals surface area contributed by atoms with E-state index in [4.69, 9.17) is 30.8 Å². The molecule has 2 aliphatic carbocycles. The van der Waals surface area contributed by atoms with Crippen LogP contribution in [0.25, 0.3) is 33.8 Å². The van der Waals surface area contributed by atoms with Crippen LogP contribution in [-0.4, -0.2) is 55.0 Å². The van der Waals surface area contributed by atoms with Crippen LogP contribution >= 0.6 is 11.6 Å². The molecule has 1 saturated heterocycles. The van der Waals surface area contributed by atoms with Crippen LogP contribution in [0.1, 0.15) is 51.9 Å². The van der Waals surface area contributed by atoms with Crippen molar-refractivity contribution in [1.29, 1.82) is 0 Å². The molecule has 7 rings (SSSR count). The first-order valence-corrected chi connectivity index (χ1v) is 14.4. The molecular formula is C28H32ClN7O3. The van der Waals surface area contributed by atoms with Crippen molar-refractivity contribution in [2.75, 3.05) is 18.1 Å². The molecule has 0 spiro atoms. The lowest BCUT2D eigenvalue weighted by molar-refractivity contribution is 0.0247. The second-order valence-corrected chi connectivity index (χ2v) is 11.7. The normalized spacial score (nSPS) is 25.3. The summed E-state index contributed by atoms with van der Waals surface area (Å²) >= 11 is 6.39.